The monoisotopic (exact) mass is 430 g/mol. The van der Waals surface area contributed by atoms with Crippen molar-refractivity contribution in [1.82, 2.24) is 15.5 Å². The van der Waals surface area contributed by atoms with Crippen LogP contribution in [0.1, 0.15) is 15.9 Å². The number of hydrogen-bond donors (Lipinski definition) is 2. The highest BCUT2D eigenvalue weighted by molar-refractivity contribution is 7.92. The van der Waals surface area contributed by atoms with Gasteiger partial charge in [0.2, 0.25) is 10.0 Å². The van der Waals surface area contributed by atoms with Crippen LogP contribution in [0.25, 0.3) is 11.3 Å². The van der Waals surface area contributed by atoms with E-state index in [4.69, 9.17) is 11.6 Å². The van der Waals surface area contributed by atoms with E-state index in [1.54, 1.807) is 24.3 Å². The number of anilines is 1. The lowest BCUT2D eigenvalue weighted by atomic mass is 10.1. The van der Waals surface area contributed by atoms with Crippen LogP contribution in [0.4, 0.5) is 5.69 Å². The van der Waals surface area contributed by atoms with Crippen LogP contribution in [0.15, 0.2) is 54.7 Å². The van der Waals surface area contributed by atoms with Gasteiger partial charge in [-0.25, -0.2) is 8.42 Å². The first-order valence-corrected chi connectivity index (χ1v) is 11.1. The fourth-order valence-corrected chi connectivity index (χ4v) is 4.94. The first-order valence-electron chi connectivity index (χ1n) is 9.11. The molecule has 0 saturated heterocycles. The summed E-state index contributed by atoms with van der Waals surface area (Å²) >= 11 is 5.91. The maximum Gasteiger partial charge on any atom is 0.255 e. The molecule has 0 atom stereocenters. The molecule has 2 N–H and O–H groups in total. The molecule has 2 aromatic carbocycles. The summed E-state index contributed by atoms with van der Waals surface area (Å²) < 4.78 is 26.9. The van der Waals surface area contributed by atoms with Gasteiger partial charge >= 0.3 is 0 Å². The Morgan fingerprint density at radius 2 is 1.93 bits per heavy atom. The molecule has 1 aliphatic rings. The smallest absolute Gasteiger partial charge is 0.255 e. The van der Waals surface area contributed by atoms with Crippen LogP contribution in [0, 0.1) is 0 Å². The third-order valence-electron chi connectivity index (χ3n) is 4.84. The minimum absolute atomic E-state index is 0.00503. The van der Waals surface area contributed by atoms with Gasteiger partial charge in [-0.1, -0.05) is 41.9 Å². The average molecular weight is 431 g/mol. The Balaban J connectivity index is 1.41. The van der Waals surface area contributed by atoms with Crippen molar-refractivity contribution in [2.75, 3.05) is 23.1 Å². The lowest BCUT2D eigenvalue weighted by Crippen LogP contribution is -2.37. The van der Waals surface area contributed by atoms with Crippen LogP contribution in [-0.2, 0) is 16.4 Å². The molecule has 1 aliphatic heterocycles. The van der Waals surface area contributed by atoms with Crippen molar-refractivity contribution in [3.05, 3.63) is 70.9 Å². The molecule has 3 aromatic rings. The van der Waals surface area contributed by atoms with Gasteiger partial charge in [0.1, 0.15) is 0 Å². The first kappa shape index (κ1) is 19.5. The fourth-order valence-electron chi connectivity index (χ4n) is 3.39. The number of halogens is 1. The Morgan fingerprint density at radius 1 is 1.17 bits per heavy atom. The second-order valence-corrected chi connectivity index (χ2v) is 9.14. The topological polar surface area (TPSA) is 95.2 Å². The molecule has 0 aliphatic carbocycles. The second-order valence-electron chi connectivity index (χ2n) is 6.69. The molecule has 29 heavy (non-hydrogen) atoms. The molecule has 9 heteroatoms. The molecule has 2 heterocycles. The van der Waals surface area contributed by atoms with Gasteiger partial charge in [-0.2, -0.15) is 5.10 Å². The van der Waals surface area contributed by atoms with Gasteiger partial charge in [-0.15, -0.1) is 0 Å². The van der Waals surface area contributed by atoms with E-state index in [9.17, 15) is 13.2 Å². The molecule has 0 radical (unpaired) electrons. The van der Waals surface area contributed by atoms with E-state index < -0.39 is 10.0 Å². The SMILES string of the molecule is O=C(NCCS(=O)(=O)N1CCc2ccccc21)c1cn[nH]c1-c1ccc(Cl)cc1. The first-order chi connectivity index (χ1) is 14.0. The van der Waals surface area contributed by atoms with Crippen molar-refractivity contribution in [2.24, 2.45) is 0 Å². The number of para-hydroxylation sites is 1. The number of fused-ring (bicyclic) bond motifs is 1. The number of H-pyrrole nitrogens is 1. The van der Waals surface area contributed by atoms with Crippen LogP contribution in [0.3, 0.4) is 0 Å². The standard InChI is InChI=1S/C20H19ClN4O3S/c21-16-7-5-15(6-8-16)19-17(13-23-24-19)20(26)22-10-12-29(27,28)25-11-9-14-3-1-2-4-18(14)25/h1-8,13H,9-12H2,(H,22,26)(H,23,24). The molecule has 0 spiro atoms. The largest absolute Gasteiger partial charge is 0.351 e. The Labute approximate surface area is 173 Å². The number of sulfonamides is 1. The number of hydrogen-bond acceptors (Lipinski definition) is 4. The summed E-state index contributed by atoms with van der Waals surface area (Å²) in [6.07, 6.45) is 2.12. The highest BCUT2D eigenvalue weighted by Crippen LogP contribution is 2.30. The number of carbonyl (C=O) groups excluding carboxylic acids is 1. The van der Waals surface area contributed by atoms with Crippen LogP contribution in [0.5, 0.6) is 0 Å². The fraction of sp³-hybridized carbons (Fsp3) is 0.200. The highest BCUT2D eigenvalue weighted by atomic mass is 35.5. The van der Waals surface area contributed by atoms with Crippen LogP contribution < -0.4 is 9.62 Å². The molecule has 0 unspecified atom stereocenters. The molecule has 0 fully saturated rings. The summed E-state index contributed by atoms with van der Waals surface area (Å²) in [5, 5.41) is 10.0. The predicted molar refractivity (Wildman–Crippen MR) is 113 cm³/mol. The zero-order valence-corrected chi connectivity index (χ0v) is 17.0. The number of aromatic nitrogens is 2. The third-order valence-corrected chi connectivity index (χ3v) is 6.87. The minimum atomic E-state index is -3.52. The number of rotatable bonds is 6. The van der Waals surface area contributed by atoms with Crippen molar-refractivity contribution in [3.8, 4) is 11.3 Å². The van der Waals surface area contributed by atoms with E-state index in [1.165, 1.54) is 10.5 Å². The Morgan fingerprint density at radius 3 is 2.72 bits per heavy atom. The summed E-state index contributed by atoms with van der Waals surface area (Å²) in [5.41, 5.74) is 3.40. The Bertz CT molecular complexity index is 1140. The van der Waals surface area contributed by atoms with Crippen molar-refractivity contribution < 1.29 is 13.2 Å². The van der Waals surface area contributed by atoms with Crippen LogP contribution in [-0.4, -0.2) is 43.4 Å². The number of nitrogens with zero attached hydrogens (tertiary/aromatic N) is 2. The number of aromatic amines is 1. The molecule has 1 aromatic heterocycles. The molecule has 150 valence electrons. The molecule has 0 saturated carbocycles. The third kappa shape index (κ3) is 3.99. The molecule has 4 rings (SSSR count). The van der Waals surface area contributed by atoms with E-state index in [1.807, 2.05) is 24.3 Å². The summed E-state index contributed by atoms with van der Waals surface area (Å²) in [4.78, 5) is 12.6. The van der Waals surface area contributed by atoms with Crippen molar-refractivity contribution in [1.29, 1.82) is 0 Å². The quantitative estimate of drug-likeness (QED) is 0.628. The number of benzene rings is 2. The van der Waals surface area contributed by atoms with E-state index >= 15 is 0 Å². The lowest BCUT2D eigenvalue weighted by molar-refractivity contribution is 0.0957. The second kappa shape index (κ2) is 7.88. The van der Waals surface area contributed by atoms with Gasteiger partial charge in [0.25, 0.3) is 5.91 Å². The summed E-state index contributed by atoms with van der Waals surface area (Å²) in [6.45, 7) is 0.434. The summed E-state index contributed by atoms with van der Waals surface area (Å²) in [5.74, 6) is -0.568. The number of carbonyl (C=O) groups is 1. The zero-order chi connectivity index (χ0) is 20.4. The van der Waals surface area contributed by atoms with Gasteiger partial charge in [-0.3, -0.25) is 14.2 Å². The van der Waals surface area contributed by atoms with Gasteiger partial charge in [0, 0.05) is 23.7 Å². The maximum atomic E-state index is 12.7. The summed E-state index contributed by atoms with van der Waals surface area (Å²) in [7, 11) is -3.52. The normalized spacial score (nSPS) is 13.3. The van der Waals surface area contributed by atoms with Gasteiger partial charge in [-0.05, 0) is 30.2 Å². The van der Waals surface area contributed by atoms with Crippen LogP contribution in [0.2, 0.25) is 5.02 Å². The van der Waals surface area contributed by atoms with Gasteiger partial charge in [0.15, 0.2) is 0 Å². The summed E-state index contributed by atoms with van der Waals surface area (Å²) in [6, 6.07) is 14.5. The molecular weight excluding hydrogens is 412 g/mol. The van der Waals surface area contributed by atoms with Gasteiger partial charge in [0.05, 0.1) is 28.9 Å². The highest BCUT2D eigenvalue weighted by Gasteiger charge is 2.29. The van der Waals surface area contributed by atoms with E-state index in [-0.39, 0.29) is 18.2 Å². The van der Waals surface area contributed by atoms with E-state index in [2.05, 4.69) is 15.5 Å². The van der Waals surface area contributed by atoms with Crippen molar-refractivity contribution in [3.63, 3.8) is 0 Å². The number of nitrogens with one attached hydrogen (secondary N) is 2. The Kier molecular flexibility index (Phi) is 5.29. The number of amides is 1. The zero-order valence-electron chi connectivity index (χ0n) is 15.4. The van der Waals surface area contributed by atoms with Crippen molar-refractivity contribution >= 4 is 33.2 Å². The van der Waals surface area contributed by atoms with Crippen molar-refractivity contribution in [2.45, 2.75) is 6.42 Å². The predicted octanol–water partition coefficient (Wildman–Crippen LogP) is 2.85. The Hall–Kier alpha value is -2.84. The maximum absolute atomic E-state index is 12.7. The average Bonchev–Trinajstić information content (AvgIpc) is 3.36. The minimum Gasteiger partial charge on any atom is -0.351 e. The molecular formula is C20H19ClN4O3S. The van der Waals surface area contributed by atoms with Gasteiger partial charge < -0.3 is 5.32 Å². The molecule has 0 bridgehead atoms. The van der Waals surface area contributed by atoms with E-state index in [0.717, 1.165) is 16.8 Å². The van der Waals surface area contributed by atoms with Crippen LogP contribution >= 0.6 is 11.6 Å². The molecule has 1 amide bonds. The lowest BCUT2D eigenvalue weighted by Gasteiger charge is -2.19. The van der Waals surface area contributed by atoms with E-state index in [0.29, 0.717) is 29.2 Å². The molecule has 7 nitrogen and oxygen atoms in total.